The van der Waals surface area contributed by atoms with E-state index < -0.39 is 6.09 Å². The molecular weight excluding hydrogens is 268 g/mol. The second-order valence-corrected chi connectivity index (χ2v) is 6.24. The molecule has 0 atom stereocenters. The van der Waals surface area contributed by atoms with E-state index in [1.54, 1.807) is 6.07 Å². The van der Waals surface area contributed by atoms with Crippen molar-refractivity contribution in [3.63, 3.8) is 0 Å². The topological polar surface area (TPSA) is 63.5 Å². The van der Waals surface area contributed by atoms with E-state index in [0.29, 0.717) is 5.75 Å². The molecule has 0 bridgehead atoms. The Kier molecular flexibility index (Phi) is 3.96. The Morgan fingerprint density at radius 2 is 2.05 bits per heavy atom. The van der Waals surface area contributed by atoms with Crippen molar-refractivity contribution in [2.24, 2.45) is 7.05 Å². The van der Waals surface area contributed by atoms with Crippen LogP contribution in [-0.2, 0) is 13.7 Å². The third-order valence-electron chi connectivity index (χ3n) is 3.39. The van der Waals surface area contributed by atoms with Crippen molar-refractivity contribution in [2.75, 3.05) is 0 Å². The highest BCUT2D eigenvalue weighted by molar-refractivity contribution is 5.87. The molecule has 2 rings (SSSR count). The lowest BCUT2D eigenvalue weighted by Gasteiger charge is -2.20. The van der Waals surface area contributed by atoms with E-state index in [1.165, 1.54) is 0 Å². The molecule has 1 amide bonds. The molecule has 1 heterocycles. The molecule has 5 heteroatoms. The average Bonchev–Trinajstić information content (AvgIpc) is 2.68. The number of amides is 1. The van der Waals surface area contributed by atoms with Crippen molar-refractivity contribution < 1.29 is 14.6 Å². The second-order valence-electron chi connectivity index (χ2n) is 6.24. The van der Waals surface area contributed by atoms with Crippen LogP contribution in [0.5, 0.6) is 5.75 Å². The zero-order valence-corrected chi connectivity index (χ0v) is 13.2. The SMILES string of the molecule is Cc1c(OC(=O)NC(C)(C)C)ccc2c1cc(CO)n2C. The number of ether oxygens (including phenoxy) is 1. The number of aliphatic hydroxyl groups excluding tert-OH is 1. The third-order valence-corrected chi connectivity index (χ3v) is 3.39. The van der Waals surface area contributed by atoms with Gasteiger partial charge >= 0.3 is 6.09 Å². The second kappa shape index (κ2) is 5.41. The minimum absolute atomic E-state index is 0.0225. The predicted molar refractivity (Wildman–Crippen MR) is 82.5 cm³/mol. The van der Waals surface area contributed by atoms with Crippen LogP contribution in [0.3, 0.4) is 0 Å². The molecule has 21 heavy (non-hydrogen) atoms. The number of benzene rings is 1. The number of nitrogens with zero attached hydrogens (tertiary/aromatic N) is 1. The minimum atomic E-state index is -0.469. The summed E-state index contributed by atoms with van der Waals surface area (Å²) < 4.78 is 7.32. The lowest BCUT2D eigenvalue weighted by atomic mass is 10.1. The smallest absolute Gasteiger partial charge is 0.410 e. The Morgan fingerprint density at radius 3 is 2.62 bits per heavy atom. The van der Waals surface area contributed by atoms with Crippen molar-refractivity contribution in [1.82, 2.24) is 9.88 Å². The number of hydrogen-bond acceptors (Lipinski definition) is 3. The van der Waals surface area contributed by atoms with E-state index >= 15 is 0 Å². The summed E-state index contributed by atoms with van der Waals surface area (Å²) in [5.74, 6) is 0.527. The molecule has 1 aromatic heterocycles. The van der Waals surface area contributed by atoms with Gasteiger partial charge in [0.25, 0.3) is 0 Å². The van der Waals surface area contributed by atoms with E-state index in [1.807, 2.05) is 51.4 Å². The van der Waals surface area contributed by atoms with Crippen LogP contribution in [-0.4, -0.2) is 21.3 Å². The van der Waals surface area contributed by atoms with Crippen molar-refractivity contribution in [3.05, 3.63) is 29.5 Å². The van der Waals surface area contributed by atoms with Crippen molar-refractivity contribution in [2.45, 2.75) is 39.8 Å². The molecule has 2 aromatic rings. The maximum Gasteiger partial charge on any atom is 0.413 e. The summed E-state index contributed by atoms with van der Waals surface area (Å²) in [5.41, 5.74) is 2.36. The number of rotatable bonds is 2. The number of hydrogen-bond donors (Lipinski definition) is 2. The maximum absolute atomic E-state index is 11.9. The molecule has 0 unspecified atom stereocenters. The van der Waals surface area contributed by atoms with E-state index in [0.717, 1.165) is 22.2 Å². The van der Waals surface area contributed by atoms with Gasteiger partial charge in [0.1, 0.15) is 5.75 Å². The van der Waals surface area contributed by atoms with Gasteiger partial charge in [-0.2, -0.15) is 0 Å². The highest BCUT2D eigenvalue weighted by atomic mass is 16.6. The first-order valence-electron chi connectivity index (χ1n) is 6.91. The molecule has 0 aliphatic rings. The largest absolute Gasteiger partial charge is 0.413 e. The molecule has 1 aromatic carbocycles. The van der Waals surface area contributed by atoms with Crippen LogP contribution in [0.4, 0.5) is 4.79 Å². The molecule has 0 fully saturated rings. The van der Waals surface area contributed by atoms with Gasteiger partial charge in [0.05, 0.1) is 6.61 Å². The number of aryl methyl sites for hydroxylation is 2. The van der Waals surface area contributed by atoms with E-state index in [9.17, 15) is 9.90 Å². The predicted octanol–water partition coefficient (Wildman–Crippen LogP) is 2.87. The van der Waals surface area contributed by atoms with Crippen molar-refractivity contribution >= 4 is 17.0 Å². The van der Waals surface area contributed by atoms with Gasteiger partial charge in [-0.1, -0.05) is 0 Å². The fourth-order valence-electron chi connectivity index (χ4n) is 2.28. The number of aromatic nitrogens is 1. The normalized spacial score (nSPS) is 11.7. The fourth-order valence-corrected chi connectivity index (χ4v) is 2.28. The van der Waals surface area contributed by atoms with Gasteiger partial charge in [-0.3, -0.25) is 0 Å². The van der Waals surface area contributed by atoms with Gasteiger partial charge in [0.2, 0.25) is 0 Å². The summed E-state index contributed by atoms with van der Waals surface area (Å²) >= 11 is 0. The Labute approximate surface area is 124 Å². The average molecular weight is 290 g/mol. The molecule has 114 valence electrons. The van der Waals surface area contributed by atoms with Crippen LogP contribution in [0.2, 0.25) is 0 Å². The van der Waals surface area contributed by atoms with Gasteiger partial charge < -0.3 is 19.7 Å². The van der Waals surface area contributed by atoms with Crippen LogP contribution < -0.4 is 10.1 Å². The monoisotopic (exact) mass is 290 g/mol. The van der Waals surface area contributed by atoms with Crippen molar-refractivity contribution in [1.29, 1.82) is 0 Å². The lowest BCUT2D eigenvalue weighted by Crippen LogP contribution is -2.42. The van der Waals surface area contributed by atoms with Gasteiger partial charge in [0, 0.05) is 34.7 Å². The Hall–Kier alpha value is -2.01. The first kappa shape index (κ1) is 15.4. The number of carbonyl (C=O) groups excluding carboxylic acids is 1. The number of carbonyl (C=O) groups is 1. The molecule has 2 N–H and O–H groups in total. The highest BCUT2D eigenvalue weighted by Gasteiger charge is 2.17. The molecule has 0 spiro atoms. The van der Waals surface area contributed by atoms with Gasteiger partial charge in [-0.05, 0) is 45.9 Å². The van der Waals surface area contributed by atoms with Crippen LogP contribution in [0, 0.1) is 6.92 Å². The molecule has 0 aliphatic carbocycles. The molecular formula is C16H22N2O3. The summed E-state index contributed by atoms with van der Waals surface area (Å²) in [6.45, 7) is 7.58. The Morgan fingerprint density at radius 1 is 1.38 bits per heavy atom. The van der Waals surface area contributed by atoms with Crippen LogP contribution in [0.15, 0.2) is 18.2 Å². The first-order chi connectivity index (χ1) is 9.73. The molecule has 0 saturated carbocycles. The maximum atomic E-state index is 11.9. The summed E-state index contributed by atoms with van der Waals surface area (Å²) in [4.78, 5) is 11.9. The summed E-state index contributed by atoms with van der Waals surface area (Å²) in [5, 5.41) is 13.1. The first-order valence-corrected chi connectivity index (χ1v) is 6.91. The van der Waals surface area contributed by atoms with E-state index in [4.69, 9.17) is 4.74 Å². The van der Waals surface area contributed by atoms with Crippen LogP contribution in [0.1, 0.15) is 32.0 Å². The molecule has 0 saturated heterocycles. The molecule has 0 radical (unpaired) electrons. The zero-order chi connectivity index (χ0) is 15.8. The van der Waals surface area contributed by atoms with Gasteiger partial charge in [0.15, 0.2) is 0 Å². The van der Waals surface area contributed by atoms with Gasteiger partial charge in [-0.15, -0.1) is 0 Å². The van der Waals surface area contributed by atoms with Crippen LogP contribution >= 0.6 is 0 Å². The Balaban J connectivity index is 2.34. The minimum Gasteiger partial charge on any atom is -0.410 e. The quantitative estimate of drug-likeness (QED) is 0.894. The van der Waals surface area contributed by atoms with E-state index in [2.05, 4.69) is 5.32 Å². The van der Waals surface area contributed by atoms with Crippen molar-refractivity contribution in [3.8, 4) is 5.75 Å². The van der Waals surface area contributed by atoms with Crippen LogP contribution in [0.25, 0.3) is 10.9 Å². The lowest BCUT2D eigenvalue weighted by molar-refractivity contribution is 0.190. The Bertz CT molecular complexity index is 681. The molecule has 5 nitrogen and oxygen atoms in total. The number of aliphatic hydroxyl groups is 1. The fraction of sp³-hybridized carbons (Fsp3) is 0.438. The third kappa shape index (κ3) is 3.19. The summed E-state index contributed by atoms with van der Waals surface area (Å²) in [7, 11) is 1.90. The summed E-state index contributed by atoms with van der Waals surface area (Å²) in [6.07, 6.45) is -0.469. The summed E-state index contributed by atoms with van der Waals surface area (Å²) in [6, 6.07) is 5.58. The number of nitrogens with one attached hydrogen (secondary N) is 1. The highest BCUT2D eigenvalue weighted by Crippen LogP contribution is 2.29. The molecule has 0 aliphatic heterocycles. The van der Waals surface area contributed by atoms with Gasteiger partial charge in [-0.25, -0.2) is 4.79 Å². The van der Waals surface area contributed by atoms with E-state index in [-0.39, 0.29) is 12.1 Å². The number of fused-ring (bicyclic) bond motifs is 1. The zero-order valence-electron chi connectivity index (χ0n) is 13.2. The standard InChI is InChI=1S/C16H22N2O3/c1-10-12-8-11(9-19)18(5)13(12)6-7-14(10)21-15(20)17-16(2,3)4/h6-8,19H,9H2,1-5H3,(H,17,20).